The molecule has 0 aromatic heterocycles. The molecule has 2 nitrogen and oxygen atoms in total. The van der Waals surface area contributed by atoms with Crippen molar-refractivity contribution in [3.05, 3.63) is 0 Å². The summed E-state index contributed by atoms with van der Waals surface area (Å²) in [6.45, 7) is 7.68. The predicted molar refractivity (Wildman–Crippen MR) is 65.8 cm³/mol. The van der Waals surface area contributed by atoms with E-state index in [1.165, 1.54) is 19.3 Å². The lowest BCUT2D eigenvalue weighted by Crippen LogP contribution is -2.21. The number of nitrogens with two attached hydrogens (primary N) is 1. The smallest absolute Gasteiger partial charge is 0.105 e. The van der Waals surface area contributed by atoms with E-state index in [1.54, 1.807) is 0 Å². The molecule has 1 aliphatic rings. The van der Waals surface area contributed by atoms with E-state index in [9.17, 15) is 0 Å². The summed E-state index contributed by atoms with van der Waals surface area (Å²) in [5.74, 6) is 3.24. The van der Waals surface area contributed by atoms with Gasteiger partial charge in [-0.15, -0.1) is 0 Å². The zero-order valence-electron chi connectivity index (χ0n) is 9.58. The second kappa shape index (κ2) is 5.55. The maximum Gasteiger partial charge on any atom is 0.105 e. The lowest BCUT2D eigenvalue weighted by Gasteiger charge is -2.23. The van der Waals surface area contributed by atoms with Crippen molar-refractivity contribution in [1.82, 2.24) is 0 Å². The van der Waals surface area contributed by atoms with E-state index in [1.807, 2.05) is 0 Å². The molecule has 0 saturated heterocycles. The van der Waals surface area contributed by atoms with E-state index < -0.39 is 0 Å². The van der Waals surface area contributed by atoms with E-state index in [0.29, 0.717) is 0 Å². The first-order valence-electron chi connectivity index (χ1n) is 5.87. The minimum absolute atomic E-state index is 0.746. The Bertz CT molecular complexity index is 184. The summed E-state index contributed by atoms with van der Waals surface area (Å²) < 4.78 is 0. The van der Waals surface area contributed by atoms with E-state index in [4.69, 9.17) is 5.73 Å². The SMILES string of the molecule is BC1CC(CCN)C(CN=C)C1CC. The van der Waals surface area contributed by atoms with Crippen LogP contribution >= 0.6 is 0 Å². The molecule has 0 bridgehead atoms. The quantitative estimate of drug-likeness (QED) is 0.517. The second-order valence-electron chi connectivity index (χ2n) is 4.69. The highest BCUT2D eigenvalue weighted by Crippen LogP contribution is 2.46. The normalized spacial score (nSPS) is 37.3. The molecule has 1 saturated carbocycles. The third-order valence-electron chi connectivity index (χ3n) is 3.91. The van der Waals surface area contributed by atoms with Crippen LogP contribution in [-0.2, 0) is 0 Å². The number of aliphatic imine (C=N–C) groups is 1. The fourth-order valence-corrected chi connectivity index (χ4v) is 3.28. The summed E-state index contributed by atoms with van der Waals surface area (Å²) >= 11 is 0. The van der Waals surface area contributed by atoms with E-state index in [0.717, 1.165) is 36.7 Å². The molecule has 1 fully saturated rings. The van der Waals surface area contributed by atoms with Gasteiger partial charge in [0.25, 0.3) is 0 Å². The molecule has 3 heteroatoms. The van der Waals surface area contributed by atoms with Crippen molar-refractivity contribution in [3.8, 4) is 0 Å². The summed E-state index contributed by atoms with van der Waals surface area (Å²) in [6, 6.07) is 0. The number of rotatable bonds is 5. The maximum absolute atomic E-state index is 5.65. The Hall–Kier alpha value is -0.305. The highest BCUT2D eigenvalue weighted by molar-refractivity contribution is 6.12. The average Bonchev–Trinajstić information content (AvgIpc) is 2.44. The Kier molecular flexibility index (Phi) is 4.66. The van der Waals surface area contributed by atoms with E-state index in [2.05, 4.69) is 26.5 Å². The Balaban J connectivity index is 2.63. The summed E-state index contributed by atoms with van der Waals surface area (Å²) in [5, 5.41) is 0. The largest absolute Gasteiger partial charge is 0.330 e. The van der Waals surface area contributed by atoms with Gasteiger partial charge in [-0.3, -0.25) is 0 Å². The molecule has 0 aromatic rings. The lowest BCUT2D eigenvalue weighted by atomic mass is 9.75. The van der Waals surface area contributed by atoms with Gasteiger partial charge in [0, 0.05) is 6.54 Å². The van der Waals surface area contributed by atoms with Crippen LogP contribution in [0.5, 0.6) is 0 Å². The molecule has 1 rings (SSSR count). The van der Waals surface area contributed by atoms with Gasteiger partial charge in [-0.05, 0) is 37.4 Å². The molecule has 4 atom stereocenters. The molecular formula is C11H23BN2. The fourth-order valence-electron chi connectivity index (χ4n) is 3.28. The Morgan fingerprint density at radius 3 is 2.71 bits per heavy atom. The second-order valence-corrected chi connectivity index (χ2v) is 4.69. The third-order valence-corrected chi connectivity index (χ3v) is 3.91. The minimum Gasteiger partial charge on any atom is -0.330 e. The monoisotopic (exact) mass is 194 g/mol. The summed E-state index contributed by atoms with van der Waals surface area (Å²) in [6.07, 6.45) is 3.79. The van der Waals surface area contributed by atoms with Crippen molar-refractivity contribution < 1.29 is 0 Å². The summed E-state index contributed by atoms with van der Waals surface area (Å²) in [7, 11) is 2.38. The lowest BCUT2D eigenvalue weighted by molar-refractivity contribution is 0.304. The van der Waals surface area contributed by atoms with Crippen LogP contribution in [0.2, 0.25) is 5.82 Å². The zero-order chi connectivity index (χ0) is 10.6. The Morgan fingerprint density at radius 1 is 1.50 bits per heavy atom. The Labute approximate surface area is 88.8 Å². The minimum atomic E-state index is 0.746. The molecule has 0 amide bonds. The zero-order valence-corrected chi connectivity index (χ0v) is 9.58. The molecule has 14 heavy (non-hydrogen) atoms. The predicted octanol–water partition coefficient (Wildman–Crippen LogP) is 1.12. The van der Waals surface area contributed by atoms with Gasteiger partial charge in [0.15, 0.2) is 0 Å². The molecule has 4 unspecified atom stereocenters. The maximum atomic E-state index is 5.65. The highest BCUT2D eigenvalue weighted by atomic mass is 14.7. The van der Waals surface area contributed by atoms with Gasteiger partial charge in [-0.2, -0.15) is 0 Å². The van der Waals surface area contributed by atoms with Crippen molar-refractivity contribution in [2.45, 2.75) is 32.0 Å². The van der Waals surface area contributed by atoms with Gasteiger partial charge in [0.2, 0.25) is 0 Å². The summed E-state index contributed by atoms with van der Waals surface area (Å²) in [4.78, 5) is 4.09. The van der Waals surface area contributed by atoms with Crippen molar-refractivity contribution in [2.75, 3.05) is 13.1 Å². The number of hydrogen-bond acceptors (Lipinski definition) is 2. The molecule has 2 N–H and O–H groups in total. The van der Waals surface area contributed by atoms with Crippen LogP contribution in [0.25, 0.3) is 0 Å². The standard InChI is InChI=1S/C11H23BN2/c1-3-9-10(7-14-2)8(4-5-13)6-11(9)12/h8-11H,2-7,12-13H2,1H3. The van der Waals surface area contributed by atoms with Crippen LogP contribution in [0, 0.1) is 17.8 Å². The van der Waals surface area contributed by atoms with Crippen molar-refractivity contribution >= 4 is 14.6 Å². The van der Waals surface area contributed by atoms with Crippen LogP contribution in [0.3, 0.4) is 0 Å². The number of nitrogens with zero attached hydrogens (tertiary/aromatic N) is 1. The van der Waals surface area contributed by atoms with Crippen LogP contribution in [0.4, 0.5) is 0 Å². The van der Waals surface area contributed by atoms with Crippen molar-refractivity contribution in [1.29, 1.82) is 0 Å². The summed E-state index contributed by atoms with van der Waals surface area (Å²) in [5.41, 5.74) is 5.65. The van der Waals surface area contributed by atoms with Crippen molar-refractivity contribution in [2.24, 2.45) is 28.5 Å². The van der Waals surface area contributed by atoms with Gasteiger partial charge < -0.3 is 10.7 Å². The first-order valence-corrected chi connectivity index (χ1v) is 5.87. The molecule has 1 aliphatic carbocycles. The Morgan fingerprint density at radius 2 is 2.21 bits per heavy atom. The molecule has 0 radical (unpaired) electrons. The molecule has 0 heterocycles. The van der Waals surface area contributed by atoms with Crippen LogP contribution < -0.4 is 5.73 Å². The van der Waals surface area contributed by atoms with Crippen LogP contribution in [0.15, 0.2) is 4.99 Å². The van der Waals surface area contributed by atoms with Gasteiger partial charge >= 0.3 is 0 Å². The van der Waals surface area contributed by atoms with E-state index in [-0.39, 0.29) is 0 Å². The van der Waals surface area contributed by atoms with Crippen molar-refractivity contribution in [3.63, 3.8) is 0 Å². The van der Waals surface area contributed by atoms with Crippen LogP contribution in [-0.4, -0.2) is 27.7 Å². The molecule has 0 spiro atoms. The molecule has 80 valence electrons. The van der Waals surface area contributed by atoms with E-state index >= 15 is 0 Å². The third kappa shape index (κ3) is 2.38. The first-order chi connectivity index (χ1) is 6.74. The number of hydrogen-bond donors (Lipinski definition) is 1. The van der Waals surface area contributed by atoms with Gasteiger partial charge in [-0.1, -0.05) is 25.6 Å². The molecule has 0 aliphatic heterocycles. The average molecular weight is 194 g/mol. The van der Waals surface area contributed by atoms with Gasteiger partial charge in [0.05, 0.1) is 0 Å². The fraction of sp³-hybridized carbons (Fsp3) is 0.909. The van der Waals surface area contributed by atoms with Gasteiger partial charge in [0.1, 0.15) is 7.85 Å². The van der Waals surface area contributed by atoms with Crippen LogP contribution in [0.1, 0.15) is 26.2 Å². The molecule has 0 aromatic carbocycles. The highest BCUT2D eigenvalue weighted by Gasteiger charge is 2.38. The topological polar surface area (TPSA) is 38.4 Å². The molecular weight excluding hydrogens is 171 g/mol. The first kappa shape index (κ1) is 11.8. The van der Waals surface area contributed by atoms with Gasteiger partial charge in [-0.25, -0.2) is 0 Å².